The number of benzene rings is 4. The quantitative estimate of drug-likeness (QED) is 0.200. The molecule has 0 unspecified atom stereocenters. The fourth-order valence-electron chi connectivity index (χ4n) is 4.29. The molecule has 1 aromatic heterocycles. The molecule has 1 nitrogen and oxygen atoms in total. The molecule has 0 amide bonds. The first kappa shape index (κ1) is 27.2. The maximum absolute atomic E-state index is 13.3. The van der Waals surface area contributed by atoms with Crippen molar-refractivity contribution in [3.63, 3.8) is 0 Å². The van der Waals surface area contributed by atoms with Gasteiger partial charge in [0.2, 0.25) is 0 Å². The summed E-state index contributed by atoms with van der Waals surface area (Å²) < 4.78 is 118. The van der Waals surface area contributed by atoms with Gasteiger partial charge in [-0.25, -0.2) is 0 Å². The van der Waals surface area contributed by atoms with Crippen molar-refractivity contribution >= 4 is 10.8 Å². The first-order valence-electron chi connectivity index (χ1n) is 11.7. The molecule has 1 heterocycles. The Labute approximate surface area is 221 Å². The number of hydrogen-bond acceptors (Lipinski definition) is 1. The lowest BCUT2D eigenvalue weighted by Gasteiger charge is -2.15. The number of aromatic nitrogens is 1. The van der Waals surface area contributed by atoms with Crippen LogP contribution < -0.4 is 0 Å². The minimum atomic E-state index is -4.95. The summed E-state index contributed by atoms with van der Waals surface area (Å²) in [6, 6.07) is 19.3. The standard InChI is InChI=1S/C30H16F9N/c31-28(32,33)24-8-5-17(6-9-24)27-10-7-22(16-40-27)20-3-1-19-12-21(4-2-18(19)11-20)23-13-25(29(34,35)36)15-26(14-23)30(37,38)39/h1-16H. The third kappa shape index (κ3) is 5.66. The molecule has 0 saturated heterocycles. The van der Waals surface area contributed by atoms with Gasteiger partial charge in [-0.15, -0.1) is 0 Å². The zero-order valence-electron chi connectivity index (χ0n) is 20.1. The van der Waals surface area contributed by atoms with Crippen LogP contribution >= 0.6 is 0 Å². The van der Waals surface area contributed by atoms with Crippen LogP contribution in [0.25, 0.3) is 44.3 Å². The maximum atomic E-state index is 13.3. The lowest BCUT2D eigenvalue weighted by atomic mass is 9.95. The second-order valence-corrected chi connectivity index (χ2v) is 9.08. The molecule has 10 heteroatoms. The zero-order valence-corrected chi connectivity index (χ0v) is 20.1. The van der Waals surface area contributed by atoms with E-state index in [4.69, 9.17) is 0 Å². The topological polar surface area (TPSA) is 12.9 Å². The number of fused-ring (bicyclic) bond motifs is 1. The molecule has 0 spiro atoms. The SMILES string of the molecule is FC(F)(F)c1ccc(-c2ccc(-c3ccc4cc(-c5cc(C(F)(F)F)cc(C(F)(F)F)c5)ccc4c3)cn2)cc1. The average molecular weight is 561 g/mol. The van der Waals surface area contributed by atoms with Crippen molar-refractivity contribution in [3.8, 4) is 33.5 Å². The van der Waals surface area contributed by atoms with Crippen LogP contribution in [0.5, 0.6) is 0 Å². The normalized spacial score (nSPS) is 12.6. The van der Waals surface area contributed by atoms with E-state index in [0.29, 0.717) is 39.7 Å². The summed E-state index contributed by atoms with van der Waals surface area (Å²) in [5.74, 6) is 0. The highest BCUT2D eigenvalue weighted by Crippen LogP contribution is 2.39. The largest absolute Gasteiger partial charge is 0.416 e. The predicted octanol–water partition coefficient (Wildman–Crippen LogP) is 10.3. The number of hydrogen-bond donors (Lipinski definition) is 0. The fraction of sp³-hybridized carbons (Fsp3) is 0.100. The number of pyridine rings is 1. The molecule has 40 heavy (non-hydrogen) atoms. The maximum Gasteiger partial charge on any atom is 0.416 e. The predicted molar refractivity (Wildman–Crippen MR) is 133 cm³/mol. The van der Waals surface area contributed by atoms with E-state index >= 15 is 0 Å². The van der Waals surface area contributed by atoms with E-state index in [1.54, 1.807) is 42.6 Å². The van der Waals surface area contributed by atoms with Crippen LogP contribution in [0, 0.1) is 0 Å². The number of rotatable bonds is 3. The van der Waals surface area contributed by atoms with Gasteiger partial charge in [0.05, 0.1) is 22.4 Å². The van der Waals surface area contributed by atoms with Crippen molar-refractivity contribution in [1.82, 2.24) is 4.98 Å². The minimum absolute atomic E-state index is 0.0910. The summed E-state index contributed by atoms with van der Waals surface area (Å²) in [6.07, 6.45) is -12.8. The smallest absolute Gasteiger partial charge is 0.256 e. The Hall–Kier alpha value is -4.34. The molecular formula is C30H16F9N. The molecule has 204 valence electrons. The monoisotopic (exact) mass is 561 g/mol. The molecule has 0 aliphatic carbocycles. The Morgan fingerprint density at radius 2 is 0.825 bits per heavy atom. The Morgan fingerprint density at radius 1 is 0.375 bits per heavy atom. The summed E-state index contributed by atoms with van der Waals surface area (Å²) in [5.41, 5.74) is -1.13. The molecule has 0 bridgehead atoms. The number of halogens is 9. The number of alkyl halides is 9. The molecule has 0 radical (unpaired) electrons. The molecule has 4 aromatic carbocycles. The van der Waals surface area contributed by atoms with E-state index in [1.165, 1.54) is 24.3 Å². The first-order chi connectivity index (χ1) is 18.7. The van der Waals surface area contributed by atoms with E-state index in [2.05, 4.69) is 4.98 Å². The van der Waals surface area contributed by atoms with E-state index in [9.17, 15) is 39.5 Å². The molecule has 5 rings (SSSR count). The Balaban J connectivity index is 1.44. The molecule has 0 N–H and O–H groups in total. The molecular weight excluding hydrogens is 545 g/mol. The van der Waals surface area contributed by atoms with Crippen molar-refractivity contribution < 1.29 is 39.5 Å². The molecule has 0 atom stereocenters. The van der Waals surface area contributed by atoms with E-state index in [-0.39, 0.29) is 17.2 Å². The highest BCUT2D eigenvalue weighted by atomic mass is 19.4. The van der Waals surface area contributed by atoms with Crippen LogP contribution in [0.4, 0.5) is 39.5 Å². The van der Waals surface area contributed by atoms with Crippen LogP contribution in [0.3, 0.4) is 0 Å². The van der Waals surface area contributed by atoms with E-state index in [1.807, 2.05) is 0 Å². The summed E-state index contributed by atoms with van der Waals surface area (Å²) in [7, 11) is 0. The lowest BCUT2D eigenvalue weighted by Crippen LogP contribution is -2.11. The van der Waals surface area contributed by atoms with Crippen LogP contribution in [-0.4, -0.2) is 4.98 Å². The third-order valence-electron chi connectivity index (χ3n) is 6.37. The molecule has 0 fully saturated rings. The van der Waals surface area contributed by atoms with Gasteiger partial charge in [0.1, 0.15) is 0 Å². The molecule has 0 saturated carbocycles. The lowest BCUT2D eigenvalue weighted by molar-refractivity contribution is -0.143. The second kappa shape index (κ2) is 9.69. The highest BCUT2D eigenvalue weighted by molar-refractivity contribution is 5.91. The molecule has 5 aromatic rings. The van der Waals surface area contributed by atoms with Gasteiger partial charge in [0.25, 0.3) is 0 Å². The van der Waals surface area contributed by atoms with Crippen LogP contribution in [0.1, 0.15) is 16.7 Å². The molecule has 0 aliphatic heterocycles. The van der Waals surface area contributed by atoms with Crippen molar-refractivity contribution in [2.75, 3.05) is 0 Å². The summed E-state index contributed by atoms with van der Waals surface area (Å²) in [6.45, 7) is 0. The van der Waals surface area contributed by atoms with Gasteiger partial charge in [-0.1, -0.05) is 42.5 Å². The summed E-state index contributed by atoms with van der Waals surface area (Å²) >= 11 is 0. The van der Waals surface area contributed by atoms with Crippen molar-refractivity contribution in [2.45, 2.75) is 18.5 Å². The van der Waals surface area contributed by atoms with Crippen LogP contribution in [0.2, 0.25) is 0 Å². The van der Waals surface area contributed by atoms with Crippen LogP contribution in [-0.2, 0) is 18.5 Å². The highest BCUT2D eigenvalue weighted by Gasteiger charge is 2.37. The van der Waals surface area contributed by atoms with Crippen LogP contribution in [0.15, 0.2) is 97.2 Å². The van der Waals surface area contributed by atoms with Gasteiger partial charge in [-0.3, -0.25) is 4.98 Å². The Kier molecular flexibility index (Phi) is 6.60. The fourth-order valence-corrected chi connectivity index (χ4v) is 4.29. The van der Waals surface area contributed by atoms with Gasteiger partial charge >= 0.3 is 18.5 Å². The first-order valence-corrected chi connectivity index (χ1v) is 11.7. The van der Waals surface area contributed by atoms with Crippen molar-refractivity contribution in [2.24, 2.45) is 0 Å². The van der Waals surface area contributed by atoms with Gasteiger partial charge in [-0.05, 0) is 76.0 Å². The van der Waals surface area contributed by atoms with Gasteiger partial charge < -0.3 is 0 Å². The second-order valence-electron chi connectivity index (χ2n) is 9.08. The number of nitrogens with zero attached hydrogens (tertiary/aromatic N) is 1. The van der Waals surface area contributed by atoms with E-state index < -0.39 is 35.2 Å². The Bertz CT molecular complexity index is 1650. The van der Waals surface area contributed by atoms with Gasteiger partial charge in [0, 0.05) is 17.3 Å². The van der Waals surface area contributed by atoms with E-state index in [0.717, 1.165) is 17.7 Å². The van der Waals surface area contributed by atoms with Crippen molar-refractivity contribution in [1.29, 1.82) is 0 Å². The van der Waals surface area contributed by atoms with Crippen molar-refractivity contribution in [3.05, 3.63) is 114 Å². The van der Waals surface area contributed by atoms with Gasteiger partial charge in [-0.2, -0.15) is 39.5 Å². The summed E-state index contributed by atoms with van der Waals surface area (Å²) in [5, 5.41) is 1.29. The molecule has 0 aliphatic rings. The summed E-state index contributed by atoms with van der Waals surface area (Å²) in [4.78, 5) is 4.34. The van der Waals surface area contributed by atoms with Gasteiger partial charge in [0.15, 0.2) is 0 Å². The minimum Gasteiger partial charge on any atom is -0.256 e. The Morgan fingerprint density at radius 3 is 1.27 bits per heavy atom. The zero-order chi connectivity index (χ0) is 28.9. The average Bonchev–Trinajstić information content (AvgIpc) is 2.91. The third-order valence-corrected chi connectivity index (χ3v) is 6.37.